The average Bonchev–Trinajstić information content (AvgIpc) is 2.33. The third-order valence-electron chi connectivity index (χ3n) is 2.42. The van der Waals surface area contributed by atoms with E-state index in [-0.39, 0.29) is 0 Å². The Morgan fingerprint density at radius 2 is 2.06 bits per heavy atom. The summed E-state index contributed by atoms with van der Waals surface area (Å²) in [7, 11) is 0. The molecule has 5 heteroatoms. The lowest BCUT2D eigenvalue weighted by Gasteiger charge is -2.08. The molecule has 0 aliphatic heterocycles. The van der Waals surface area contributed by atoms with Gasteiger partial charge < -0.3 is 10.1 Å². The lowest BCUT2D eigenvalue weighted by Crippen LogP contribution is -2.09. The number of nitrogens with zero attached hydrogens (tertiary/aromatic N) is 2. The molecule has 0 atom stereocenters. The predicted octanol–water partition coefficient (Wildman–Crippen LogP) is 3.06. The second-order valence-electron chi connectivity index (χ2n) is 3.88. The largest absolute Gasteiger partial charge is 0.381 e. The highest BCUT2D eigenvalue weighted by Crippen LogP contribution is 2.17. The Labute approximate surface area is 108 Å². The van der Waals surface area contributed by atoms with Crippen LogP contribution in [0.15, 0.2) is 6.33 Å². The van der Waals surface area contributed by atoms with Crippen molar-refractivity contribution in [2.75, 3.05) is 25.1 Å². The van der Waals surface area contributed by atoms with Gasteiger partial charge in [0.25, 0.3) is 0 Å². The first-order valence-corrected chi connectivity index (χ1v) is 6.42. The molecule has 1 aromatic rings. The van der Waals surface area contributed by atoms with Crippen molar-refractivity contribution in [3.05, 3.63) is 17.0 Å². The molecule has 0 aromatic carbocycles. The van der Waals surface area contributed by atoms with E-state index in [0.717, 1.165) is 44.0 Å². The molecule has 1 aromatic heterocycles. The van der Waals surface area contributed by atoms with Gasteiger partial charge in [0.1, 0.15) is 17.3 Å². The number of hydrogen-bond donors (Lipinski definition) is 1. The molecule has 0 unspecified atom stereocenters. The predicted molar refractivity (Wildman–Crippen MR) is 70.6 cm³/mol. The van der Waals surface area contributed by atoms with Crippen LogP contribution in [0.4, 0.5) is 5.82 Å². The van der Waals surface area contributed by atoms with Crippen molar-refractivity contribution in [2.24, 2.45) is 0 Å². The zero-order valence-electron chi connectivity index (χ0n) is 10.5. The molecule has 0 aliphatic carbocycles. The maximum Gasteiger partial charge on any atom is 0.137 e. The molecule has 0 bridgehead atoms. The van der Waals surface area contributed by atoms with Crippen molar-refractivity contribution in [3.63, 3.8) is 0 Å². The molecule has 17 heavy (non-hydrogen) atoms. The van der Waals surface area contributed by atoms with E-state index in [1.54, 1.807) is 0 Å². The minimum atomic E-state index is 0.502. The highest BCUT2D eigenvalue weighted by molar-refractivity contribution is 6.30. The van der Waals surface area contributed by atoms with Gasteiger partial charge >= 0.3 is 0 Å². The Morgan fingerprint density at radius 1 is 1.29 bits per heavy atom. The first-order valence-electron chi connectivity index (χ1n) is 6.04. The van der Waals surface area contributed by atoms with Gasteiger partial charge in [-0.2, -0.15) is 0 Å². The minimum absolute atomic E-state index is 0.502. The van der Waals surface area contributed by atoms with Crippen LogP contribution in [0.3, 0.4) is 0 Å². The first kappa shape index (κ1) is 14.2. The lowest BCUT2D eigenvalue weighted by molar-refractivity contribution is 0.131. The Morgan fingerprint density at radius 3 is 2.82 bits per heavy atom. The topological polar surface area (TPSA) is 47.0 Å². The maximum atomic E-state index is 5.90. The Kier molecular flexibility index (Phi) is 6.89. The van der Waals surface area contributed by atoms with E-state index < -0.39 is 0 Å². The van der Waals surface area contributed by atoms with Crippen LogP contribution in [0.25, 0.3) is 0 Å². The highest BCUT2D eigenvalue weighted by Gasteiger charge is 2.03. The van der Waals surface area contributed by atoms with Gasteiger partial charge in [0.05, 0.1) is 0 Å². The second-order valence-corrected chi connectivity index (χ2v) is 4.24. The van der Waals surface area contributed by atoms with Crippen LogP contribution in [0, 0.1) is 6.92 Å². The number of nitrogens with one attached hydrogen (secondary N) is 1. The molecule has 0 saturated heterocycles. The summed E-state index contributed by atoms with van der Waals surface area (Å²) in [4.78, 5) is 8.05. The number of hydrogen-bond acceptors (Lipinski definition) is 4. The number of ether oxygens (including phenoxy) is 1. The summed E-state index contributed by atoms with van der Waals surface area (Å²) in [5, 5.41) is 3.73. The number of halogens is 1. The zero-order valence-corrected chi connectivity index (χ0v) is 11.3. The van der Waals surface area contributed by atoms with Gasteiger partial charge in [-0.15, -0.1) is 0 Å². The molecule has 0 amide bonds. The summed E-state index contributed by atoms with van der Waals surface area (Å²) >= 11 is 5.90. The van der Waals surface area contributed by atoms with Crippen molar-refractivity contribution in [3.8, 4) is 0 Å². The fourth-order valence-electron chi connectivity index (χ4n) is 1.34. The fourth-order valence-corrected chi connectivity index (χ4v) is 1.47. The van der Waals surface area contributed by atoms with Crippen molar-refractivity contribution in [2.45, 2.75) is 33.1 Å². The van der Waals surface area contributed by atoms with Crippen molar-refractivity contribution < 1.29 is 4.74 Å². The molecule has 0 spiro atoms. The van der Waals surface area contributed by atoms with Gasteiger partial charge in [-0.1, -0.05) is 24.9 Å². The molecule has 0 saturated carbocycles. The van der Waals surface area contributed by atoms with Gasteiger partial charge in [-0.25, -0.2) is 9.97 Å². The standard InChI is InChI=1S/C12H20ClN3O/c1-3-4-7-17-8-5-6-14-12-10(2)11(13)15-9-16-12/h9H,3-8H2,1-2H3,(H,14,15,16). The quantitative estimate of drug-likeness (QED) is 0.574. The van der Waals surface area contributed by atoms with E-state index in [1.807, 2.05) is 6.92 Å². The van der Waals surface area contributed by atoms with Crippen LogP contribution in [0.5, 0.6) is 0 Å². The van der Waals surface area contributed by atoms with E-state index in [9.17, 15) is 0 Å². The van der Waals surface area contributed by atoms with E-state index in [1.165, 1.54) is 12.7 Å². The van der Waals surface area contributed by atoms with Gasteiger partial charge in [0, 0.05) is 25.3 Å². The molecular formula is C12H20ClN3O. The van der Waals surface area contributed by atoms with Crippen molar-refractivity contribution in [1.29, 1.82) is 0 Å². The normalized spacial score (nSPS) is 10.5. The molecule has 4 nitrogen and oxygen atoms in total. The summed E-state index contributed by atoms with van der Waals surface area (Å²) in [6.07, 6.45) is 4.74. The third-order valence-corrected chi connectivity index (χ3v) is 2.80. The monoisotopic (exact) mass is 257 g/mol. The second kappa shape index (κ2) is 8.25. The summed E-state index contributed by atoms with van der Waals surface area (Å²) in [6.45, 7) is 6.54. The number of unbranched alkanes of at least 4 members (excludes halogenated alkanes) is 1. The Hall–Kier alpha value is -0.870. The smallest absolute Gasteiger partial charge is 0.137 e. The van der Waals surface area contributed by atoms with Gasteiger partial charge in [-0.3, -0.25) is 0 Å². The van der Waals surface area contributed by atoms with Crippen molar-refractivity contribution in [1.82, 2.24) is 9.97 Å². The number of aromatic nitrogens is 2. The minimum Gasteiger partial charge on any atom is -0.381 e. The molecule has 96 valence electrons. The van der Waals surface area contributed by atoms with E-state index in [2.05, 4.69) is 22.2 Å². The third kappa shape index (κ3) is 5.33. The SMILES string of the molecule is CCCCOCCCNc1ncnc(Cl)c1C. The highest BCUT2D eigenvalue weighted by atomic mass is 35.5. The summed E-state index contributed by atoms with van der Waals surface area (Å²) in [6, 6.07) is 0. The van der Waals surface area contributed by atoms with E-state index in [0.29, 0.717) is 5.15 Å². The summed E-state index contributed by atoms with van der Waals surface area (Å²) < 4.78 is 5.47. The van der Waals surface area contributed by atoms with Crippen molar-refractivity contribution >= 4 is 17.4 Å². The molecule has 1 N–H and O–H groups in total. The zero-order chi connectivity index (χ0) is 12.5. The Balaban J connectivity index is 2.16. The van der Waals surface area contributed by atoms with Crippen LogP contribution in [-0.4, -0.2) is 29.7 Å². The molecule has 0 aliphatic rings. The fraction of sp³-hybridized carbons (Fsp3) is 0.667. The first-order chi connectivity index (χ1) is 8.25. The summed E-state index contributed by atoms with van der Waals surface area (Å²) in [5.74, 6) is 0.804. The molecular weight excluding hydrogens is 238 g/mol. The number of rotatable bonds is 8. The van der Waals surface area contributed by atoms with Gasteiger partial charge in [0.2, 0.25) is 0 Å². The van der Waals surface area contributed by atoms with Gasteiger partial charge in [-0.05, 0) is 19.8 Å². The van der Waals surface area contributed by atoms with Crippen LogP contribution in [-0.2, 0) is 4.74 Å². The van der Waals surface area contributed by atoms with E-state index >= 15 is 0 Å². The van der Waals surface area contributed by atoms with Crippen LogP contribution in [0.2, 0.25) is 5.15 Å². The van der Waals surface area contributed by atoms with E-state index in [4.69, 9.17) is 16.3 Å². The van der Waals surface area contributed by atoms with Crippen LogP contribution < -0.4 is 5.32 Å². The molecule has 0 fully saturated rings. The number of anilines is 1. The Bertz CT molecular complexity index is 334. The maximum absolute atomic E-state index is 5.90. The molecule has 0 radical (unpaired) electrons. The summed E-state index contributed by atoms with van der Waals surface area (Å²) in [5.41, 5.74) is 0.890. The van der Waals surface area contributed by atoms with Gasteiger partial charge in [0.15, 0.2) is 0 Å². The average molecular weight is 258 g/mol. The molecule has 1 rings (SSSR count). The lowest BCUT2D eigenvalue weighted by atomic mass is 10.3. The van der Waals surface area contributed by atoms with Crippen LogP contribution >= 0.6 is 11.6 Å². The van der Waals surface area contributed by atoms with Crippen LogP contribution in [0.1, 0.15) is 31.7 Å². The molecule has 1 heterocycles.